The molecule has 7 nitrogen and oxygen atoms in total. The van der Waals surface area contributed by atoms with E-state index < -0.39 is 11.0 Å². The van der Waals surface area contributed by atoms with Crippen molar-refractivity contribution in [1.29, 1.82) is 0 Å². The highest BCUT2D eigenvalue weighted by molar-refractivity contribution is 8.16. The molecule has 0 aromatic heterocycles. The van der Waals surface area contributed by atoms with Gasteiger partial charge in [-0.3, -0.25) is 0 Å². The van der Waals surface area contributed by atoms with Crippen molar-refractivity contribution in [2.45, 2.75) is 18.8 Å². The number of esters is 1. The van der Waals surface area contributed by atoms with Crippen molar-refractivity contribution in [3.8, 4) is 5.75 Å². The van der Waals surface area contributed by atoms with Crippen LogP contribution in [0.25, 0.3) is 0 Å². The summed E-state index contributed by atoms with van der Waals surface area (Å²) in [6.45, 7) is 4.05. The fraction of sp³-hybridized carbons (Fsp3) is 0.192. The number of methoxy groups -OCH3 is 1. The van der Waals surface area contributed by atoms with Crippen molar-refractivity contribution >= 4 is 39.9 Å². The minimum absolute atomic E-state index is 0.267. The Balaban J connectivity index is 1.76. The first-order chi connectivity index (χ1) is 16.6. The van der Waals surface area contributed by atoms with Crippen LogP contribution >= 0.6 is 11.8 Å². The predicted molar refractivity (Wildman–Crippen MR) is 136 cm³/mol. The van der Waals surface area contributed by atoms with Crippen LogP contribution in [0.15, 0.2) is 89.1 Å². The maximum Gasteiger partial charge on any atom is 0.365 e. The number of hydrazone groups is 2. The molecule has 34 heavy (non-hydrogen) atoms. The van der Waals surface area contributed by atoms with Gasteiger partial charge >= 0.3 is 5.97 Å². The number of anilines is 2. The van der Waals surface area contributed by atoms with Crippen molar-refractivity contribution in [3.05, 3.63) is 90.0 Å². The number of nitrogens with zero attached hydrogens (tertiary/aromatic N) is 4. The van der Waals surface area contributed by atoms with Crippen LogP contribution in [-0.4, -0.2) is 30.4 Å². The van der Waals surface area contributed by atoms with E-state index in [4.69, 9.17) is 19.7 Å². The predicted octanol–water partition coefficient (Wildman–Crippen LogP) is 5.18. The molecule has 0 saturated carbocycles. The van der Waals surface area contributed by atoms with E-state index in [2.05, 4.69) is 6.07 Å². The molecule has 1 spiro atoms. The van der Waals surface area contributed by atoms with Gasteiger partial charge in [-0.25, -0.2) is 14.8 Å². The largest absolute Gasteiger partial charge is 0.497 e. The van der Waals surface area contributed by atoms with Gasteiger partial charge in [-0.2, -0.15) is 10.2 Å². The standard InChI is InChI=1S/C26H24N4O3S/c1-4-33-25(31)24-28-30(20-14-16-21(32-3)17-15-20)26(34-24)23-13-9-8-12-22(23)18(2)27-29(26)19-10-6-5-7-11-19/h5-17H,4H2,1-3H3/t26-/m0/s1. The van der Waals surface area contributed by atoms with Crippen LogP contribution < -0.4 is 14.8 Å². The first-order valence-corrected chi connectivity index (χ1v) is 11.8. The number of thioether (sulfide) groups is 1. The van der Waals surface area contributed by atoms with Gasteiger partial charge in [0.05, 0.1) is 30.8 Å². The van der Waals surface area contributed by atoms with Crippen molar-refractivity contribution < 1.29 is 14.3 Å². The van der Waals surface area contributed by atoms with Crippen LogP contribution in [0.1, 0.15) is 25.0 Å². The zero-order valence-electron chi connectivity index (χ0n) is 19.1. The van der Waals surface area contributed by atoms with Crippen LogP contribution in [0.2, 0.25) is 0 Å². The lowest BCUT2D eigenvalue weighted by atomic mass is 9.98. The van der Waals surface area contributed by atoms with Crippen LogP contribution in [0, 0.1) is 0 Å². The van der Waals surface area contributed by atoms with Gasteiger partial charge in [-0.15, -0.1) is 0 Å². The summed E-state index contributed by atoms with van der Waals surface area (Å²) in [6.07, 6.45) is 0. The van der Waals surface area contributed by atoms with Gasteiger partial charge in [0.15, 0.2) is 0 Å². The molecule has 0 aliphatic carbocycles. The van der Waals surface area contributed by atoms with Gasteiger partial charge in [0.25, 0.3) is 0 Å². The molecule has 0 saturated heterocycles. The number of para-hydroxylation sites is 1. The minimum Gasteiger partial charge on any atom is -0.497 e. The maximum absolute atomic E-state index is 12.9. The highest BCUT2D eigenvalue weighted by atomic mass is 32.2. The zero-order valence-corrected chi connectivity index (χ0v) is 20.0. The van der Waals surface area contributed by atoms with E-state index in [-0.39, 0.29) is 11.7 Å². The molecule has 2 aliphatic heterocycles. The normalized spacial score (nSPS) is 18.9. The highest BCUT2D eigenvalue weighted by Gasteiger charge is 2.56. The molecular formula is C26H24N4O3S. The summed E-state index contributed by atoms with van der Waals surface area (Å²) in [5, 5.41) is 13.9. The van der Waals surface area contributed by atoms with Gasteiger partial charge in [0.1, 0.15) is 5.75 Å². The number of benzene rings is 3. The number of ether oxygens (including phenoxy) is 2. The third kappa shape index (κ3) is 3.51. The van der Waals surface area contributed by atoms with Crippen LogP contribution in [0.3, 0.4) is 0 Å². The summed E-state index contributed by atoms with van der Waals surface area (Å²) < 4.78 is 10.7. The zero-order chi connectivity index (χ0) is 23.7. The van der Waals surface area contributed by atoms with Gasteiger partial charge < -0.3 is 9.47 Å². The van der Waals surface area contributed by atoms with Crippen LogP contribution in [-0.2, 0) is 14.5 Å². The Morgan fingerprint density at radius 1 is 0.912 bits per heavy atom. The second kappa shape index (κ2) is 8.87. The van der Waals surface area contributed by atoms with E-state index in [1.807, 2.05) is 89.7 Å². The molecular weight excluding hydrogens is 448 g/mol. The molecule has 1 atom stereocenters. The number of fused-ring (bicyclic) bond motifs is 2. The molecule has 0 bridgehead atoms. The summed E-state index contributed by atoms with van der Waals surface area (Å²) in [5.74, 6) is 0.275. The van der Waals surface area contributed by atoms with Crippen molar-refractivity contribution in [1.82, 2.24) is 0 Å². The molecule has 3 aromatic carbocycles. The fourth-order valence-corrected chi connectivity index (χ4v) is 5.45. The number of carbonyl (C=O) groups excluding carboxylic acids is 1. The maximum atomic E-state index is 12.9. The number of carbonyl (C=O) groups is 1. The summed E-state index contributed by atoms with van der Waals surface area (Å²) >= 11 is 1.33. The molecule has 172 valence electrons. The smallest absolute Gasteiger partial charge is 0.365 e. The second-order valence-corrected chi connectivity index (χ2v) is 8.88. The molecule has 3 aromatic rings. The Hall–Kier alpha value is -3.78. The summed E-state index contributed by atoms with van der Waals surface area (Å²) in [7, 11) is 1.63. The molecule has 0 amide bonds. The van der Waals surface area contributed by atoms with Gasteiger partial charge in [0, 0.05) is 11.1 Å². The van der Waals surface area contributed by atoms with Gasteiger partial charge in [-0.05, 0) is 62.0 Å². The third-order valence-corrected chi connectivity index (χ3v) is 6.98. The fourth-order valence-electron chi connectivity index (χ4n) is 4.16. The molecule has 5 rings (SSSR count). The van der Waals surface area contributed by atoms with Crippen molar-refractivity contribution in [3.63, 3.8) is 0 Å². The quantitative estimate of drug-likeness (QED) is 0.477. The molecule has 0 unspecified atom stereocenters. The monoisotopic (exact) mass is 472 g/mol. The number of rotatable bonds is 5. The SMILES string of the molecule is CCOC(=O)C1=NN(c2ccc(OC)cc2)[C@]2(S1)c1ccccc1C(C)=NN2c1ccccc1. The summed E-state index contributed by atoms with van der Waals surface area (Å²) in [4.78, 5) is 11.9. The van der Waals surface area contributed by atoms with Gasteiger partial charge in [0.2, 0.25) is 10.0 Å². The summed E-state index contributed by atoms with van der Waals surface area (Å²) in [5.41, 5.74) is 4.53. The second-order valence-electron chi connectivity index (χ2n) is 7.72. The number of hydrogen-bond donors (Lipinski definition) is 0. The third-order valence-electron chi connectivity index (χ3n) is 5.69. The highest BCUT2D eigenvalue weighted by Crippen LogP contribution is 2.54. The van der Waals surface area contributed by atoms with E-state index >= 15 is 0 Å². The number of hydrogen-bond acceptors (Lipinski definition) is 8. The Kier molecular flexibility index (Phi) is 5.75. The van der Waals surface area contributed by atoms with Crippen LogP contribution in [0.5, 0.6) is 5.75 Å². The van der Waals surface area contributed by atoms with E-state index in [1.54, 1.807) is 14.0 Å². The molecule has 8 heteroatoms. The Morgan fingerprint density at radius 2 is 1.56 bits per heavy atom. The van der Waals surface area contributed by atoms with E-state index in [0.717, 1.165) is 34.0 Å². The van der Waals surface area contributed by atoms with E-state index in [9.17, 15) is 4.79 Å². The Morgan fingerprint density at radius 3 is 2.26 bits per heavy atom. The first-order valence-electron chi connectivity index (χ1n) is 11.0. The van der Waals surface area contributed by atoms with E-state index in [0.29, 0.717) is 0 Å². The Bertz CT molecular complexity index is 1280. The minimum atomic E-state index is -0.978. The molecule has 0 N–H and O–H groups in total. The summed E-state index contributed by atoms with van der Waals surface area (Å²) in [6, 6.07) is 25.6. The van der Waals surface area contributed by atoms with E-state index in [1.165, 1.54) is 11.8 Å². The first kappa shape index (κ1) is 22.0. The molecule has 2 heterocycles. The molecule has 0 radical (unpaired) electrons. The molecule has 0 fully saturated rings. The van der Waals surface area contributed by atoms with Crippen molar-refractivity contribution in [2.75, 3.05) is 23.7 Å². The average molecular weight is 473 g/mol. The van der Waals surface area contributed by atoms with Gasteiger partial charge in [-0.1, -0.05) is 42.5 Å². The topological polar surface area (TPSA) is 66.7 Å². The molecule has 2 aliphatic rings. The lowest BCUT2D eigenvalue weighted by molar-refractivity contribution is -0.134. The van der Waals surface area contributed by atoms with Crippen LogP contribution in [0.4, 0.5) is 11.4 Å². The van der Waals surface area contributed by atoms with Crippen molar-refractivity contribution in [2.24, 2.45) is 10.2 Å². The lowest BCUT2D eigenvalue weighted by Crippen LogP contribution is -2.53. The average Bonchev–Trinajstić information content (AvgIpc) is 3.28. The Labute approximate surface area is 202 Å². The lowest BCUT2D eigenvalue weighted by Gasteiger charge is -2.46.